The van der Waals surface area contributed by atoms with Crippen molar-refractivity contribution in [3.05, 3.63) is 83.4 Å². The zero-order valence-electron chi connectivity index (χ0n) is 17.2. The van der Waals surface area contributed by atoms with Gasteiger partial charge in [-0.3, -0.25) is 14.4 Å². The molecule has 4 rings (SSSR count). The Morgan fingerprint density at radius 2 is 1.53 bits per heavy atom. The molecule has 0 atom stereocenters. The number of hydrogen-bond donors (Lipinski definition) is 1. The molecular formula is C24H18N2O6. The van der Waals surface area contributed by atoms with Crippen LogP contribution in [0.5, 0.6) is 11.5 Å². The fraction of sp³-hybridized carbons (Fsp3) is 0.0833. The molecule has 1 N–H and O–H groups in total. The molecule has 1 aliphatic rings. The van der Waals surface area contributed by atoms with Crippen molar-refractivity contribution in [2.75, 3.05) is 17.3 Å². The van der Waals surface area contributed by atoms with Crippen molar-refractivity contribution in [3.63, 3.8) is 0 Å². The highest BCUT2D eigenvalue weighted by atomic mass is 16.5. The molecule has 0 unspecified atom stereocenters. The van der Waals surface area contributed by atoms with Crippen molar-refractivity contribution in [1.82, 2.24) is 0 Å². The average molecular weight is 430 g/mol. The van der Waals surface area contributed by atoms with Crippen molar-refractivity contribution in [1.29, 1.82) is 0 Å². The number of hydrogen-bond acceptors (Lipinski definition) is 6. The minimum absolute atomic E-state index is 0.205. The second-order valence-corrected chi connectivity index (χ2v) is 7.00. The SMILES string of the molecule is COC(=O)c1ccc(N2C(=O)c3ccc(Oc4cccc(NC(C)=O)c4)cc3C2=O)cc1. The van der Waals surface area contributed by atoms with E-state index in [0.717, 1.165) is 4.90 Å². The largest absolute Gasteiger partial charge is 0.465 e. The van der Waals surface area contributed by atoms with Crippen LogP contribution < -0.4 is 15.0 Å². The predicted octanol–water partition coefficient (Wildman–Crippen LogP) is 4.02. The lowest BCUT2D eigenvalue weighted by Crippen LogP contribution is -2.29. The Morgan fingerprint density at radius 3 is 2.22 bits per heavy atom. The topological polar surface area (TPSA) is 102 Å². The molecule has 0 radical (unpaired) electrons. The number of nitrogens with one attached hydrogen (secondary N) is 1. The van der Waals surface area contributed by atoms with E-state index in [0.29, 0.717) is 28.4 Å². The third kappa shape index (κ3) is 3.93. The molecule has 8 nitrogen and oxygen atoms in total. The van der Waals surface area contributed by atoms with Gasteiger partial charge in [-0.1, -0.05) is 6.07 Å². The zero-order valence-corrected chi connectivity index (χ0v) is 17.2. The molecule has 0 aliphatic carbocycles. The van der Waals surface area contributed by atoms with Gasteiger partial charge in [0, 0.05) is 18.7 Å². The van der Waals surface area contributed by atoms with E-state index in [1.165, 1.54) is 50.4 Å². The summed E-state index contributed by atoms with van der Waals surface area (Å²) in [4.78, 5) is 49.7. The molecule has 0 aromatic heterocycles. The lowest BCUT2D eigenvalue weighted by atomic mass is 10.1. The summed E-state index contributed by atoms with van der Waals surface area (Å²) < 4.78 is 10.5. The van der Waals surface area contributed by atoms with Crippen LogP contribution in [0.1, 0.15) is 38.0 Å². The van der Waals surface area contributed by atoms with Crippen LogP contribution in [0.15, 0.2) is 66.7 Å². The number of fused-ring (bicyclic) bond motifs is 1. The molecule has 0 bridgehead atoms. The average Bonchev–Trinajstić information content (AvgIpc) is 3.02. The van der Waals surface area contributed by atoms with E-state index in [2.05, 4.69) is 10.1 Å². The van der Waals surface area contributed by atoms with Crippen LogP contribution in [0, 0.1) is 0 Å². The summed E-state index contributed by atoms with van der Waals surface area (Å²) >= 11 is 0. The summed E-state index contributed by atoms with van der Waals surface area (Å²) in [5, 5.41) is 2.67. The second kappa shape index (κ2) is 8.35. The van der Waals surface area contributed by atoms with Gasteiger partial charge in [-0.2, -0.15) is 0 Å². The van der Waals surface area contributed by atoms with Gasteiger partial charge in [-0.05, 0) is 54.6 Å². The van der Waals surface area contributed by atoms with E-state index in [9.17, 15) is 19.2 Å². The van der Waals surface area contributed by atoms with Crippen molar-refractivity contribution >= 4 is 35.1 Å². The van der Waals surface area contributed by atoms with Crippen LogP contribution in [0.2, 0.25) is 0 Å². The summed E-state index contributed by atoms with van der Waals surface area (Å²) in [6, 6.07) is 17.4. The fourth-order valence-electron chi connectivity index (χ4n) is 3.36. The van der Waals surface area contributed by atoms with Crippen LogP contribution in [-0.4, -0.2) is 30.8 Å². The summed E-state index contributed by atoms with van der Waals surface area (Å²) in [6.45, 7) is 1.41. The highest BCUT2D eigenvalue weighted by molar-refractivity contribution is 6.34. The summed E-state index contributed by atoms with van der Waals surface area (Å²) in [5.74, 6) is -0.842. The molecule has 0 saturated heterocycles. The Morgan fingerprint density at radius 1 is 0.844 bits per heavy atom. The normalized spacial score (nSPS) is 12.4. The van der Waals surface area contributed by atoms with Gasteiger partial charge in [0.25, 0.3) is 11.8 Å². The second-order valence-electron chi connectivity index (χ2n) is 7.00. The first kappa shape index (κ1) is 20.8. The Kier molecular flexibility index (Phi) is 5.43. The van der Waals surface area contributed by atoms with Gasteiger partial charge >= 0.3 is 5.97 Å². The quantitative estimate of drug-likeness (QED) is 0.484. The number of carbonyl (C=O) groups is 4. The summed E-state index contributed by atoms with van der Waals surface area (Å²) in [5.41, 5.74) is 1.69. The number of esters is 1. The maximum absolute atomic E-state index is 13.0. The van der Waals surface area contributed by atoms with E-state index in [1.54, 1.807) is 30.3 Å². The van der Waals surface area contributed by atoms with Gasteiger partial charge in [0.2, 0.25) is 5.91 Å². The number of methoxy groups -OCH3 is 1. The smallest absolute Gasteiger partial charge is 0.337 e. The third-order valence-electron chi connectivity index (χ3n) is 4.79. The lowest BCUT2D eigenvalue weighted by Gasteiger charge is -2.14. The highest BCUT2D eigenvalue weighted by Gasteiger charge is 2.37. The standard InChI is InChI=1S/C24H18N2O6/c1-14(27)25-16-4-3-5-18(12-16)32-19-10-11-20-21(13-19)23(29)26(22(20)28)17-8-6-15(7-9-17)24(30)31-2/h3-13H,1-2H3,(H,25,27). The van der Waals surface area contributed by atoms with E-state index in [4.69, 9.17) is 4.74 Å². The number of ether oxygens (including phenoxy) is 2. The van der Waals surface area contributed by atoms with Gasteiger partial charge in [0.15, 0.2) is 0 Å². The number of imide groups is 1. The molecule has 32 heavy (non-hydrogen) atoms. The number of benzene rings is 3. The Balaban J connectivity index is 1.58. The van der Waals surface area contributed by atoms with E-state index in [1.807, 2.05) is 0 Å². The Hall–Kier alpha value is -4.46. The molecule has 0 saturated carbocycles. The van der Waals surface area contributed by atoms with Crippen molar-refractivity contribution in [2.24, 2.45) is 0 Å². The third-order valence-corrected chi connectivity index (χ3v) is 4.79. The fourth-order valence-corrected chi connectivity index (χ4v) is 3.36. The van der Waals surface area contributed by atoms with Gasteiger partial charge in [0.1, 0.15) is 11.5 Å². The van der Waals surface area contributed by atoms with Gasteiger partial charge in [-0.25, -0.2) is 9.69 Å². The number of amides is 3. The molecule has 0 spiro atoms. The van der Waals surface area contributed by atoms with Gasteiger partial charge < -0.3 is 14.8 Å². The molecule has 3 amide bonds. The molecule has 160 valence electrons. The Labute approximate surface area is 183 Å². The molecule has 1 aliphatic heterocycles. The van der Waals surface area contributed by atoms with Crippen LogP contribution in [0.4, 0.5) is 11.4 Å². The Bertz CT molecular complexity index is 1250. The number of anilines is 2. The summed E-state index contributed by atoms with van der Waals surface area (Å²) in [6.07, 6.45) is 0. The first-order chi connectivity index (χ1) is 15.4. The molecule has 3 aromatic carbocycles. The molecule has 1 heterocycles. The van der Waals surface area contributed by atoms with Crippen molar-refractivity contribution in [2.45, 2.75) is 6.92 Å². The van der Waals surface area contributed by atoms with Crippen molar-refractivity contribution in [3.8, 4) is 11.5 Å². The first-order valence-electron chi connectivity index (χ1n) is 9.64. The molecule has 8 heteroatoms. The minimum Gasteiger partial charge on any atom is -0.465 e. The molecule has 0 fully saturated rings. The maximum atomic E-state index is 13.0. The van der Waals surface area contributed by atoms with E-state index in [-0.39, 0.29) is 17.0 Å². The predicted molar refractivity (Wildman–Crippen MR) is 116 cm³/mol. The monoisotopic (exact) mass is 430 g/mol. The van der Waals surface area contributed by atoms with Gasteiger partial charge in [0.05, 0.1) is 29.5 Å². The molecular weight excluding hydrogens is 412 g/mol. The van der Waals surface area contributed by atoms with Crippen LogP contribution in [-0.2, 0) is 9.53 Å². The van der Waals surface area contributed by atoms with Crippen LogP contribution in [0.25, 0.3) is 0 Å². The maximum Gasteiger partial charge on any atom is 0.337 e. The van der Waals surface area contributed by atoms with Crippen LogP contribution in [0.3, 0.4) is 0 Å². The number of rotatable bonds is 5. The van der Waals surface area contributed by atoms with E-state index < -0.39 is 17.8 Å². The highest BCUT2D eigenvalue weighted by Crippen LogP contribution is 2.33. The molecule has 3 aromatic rings. The van der Waals surface area contributed by atoms with E-state index >= 15 is 0 Å². The van der Waals surface area contributed by atoms with Crippen LogP contribution >= 0.6 is 0 Å². The lowest BCUT2D eigenvalue weighted by molar-refractivity contribution is -0.114. The zero-order chi connectivity index (χ0) is 22.8. The number of nitrogens with zero attached hydrogens (tertiary/aromatic N) is 1. The van der Waals surface area contributed by atoms with Crippen molar-refractivity contribution < 1.29 is 28.7 Å². The first-order valence-corrected chi connectivity index (χ1v) is 9.64. The minimum atomic E-state index is -0.511. The summed E-state index contributed by atoms with van der Waals surface area (Å²) in [7, 11) is 1.27. The number of carbonyl (C=O) groups excluding carboxylic acids is 4. The van der Waals surface area contributed by atoms with Gasteiger partial charge in [-0.15, -0.1) is 0 Å².